The number of aldehydes is 1. The molecule has 17 heavy (non-hydrogen) atoms. The van der Waals surface area contributed by atoms with E-state index >= 15 is 0 Å². The molecule has 1 heterocycles. The smallest absolute Gasteiger partial charge is 0.181 e. The molecule has 0 unspecified atom stereocenters. The van der Waals surface area contributed by atoms with Crippen LogP contribution in [-0.4, -0.2) is 6.29 Å². The molecule has 0 bridgehead atoms. The average Bonchev–Trinajstić information content (AvgIpc) is 2.77. The predicted molar refractivity (Wildman–Crippen MR) is 70.3 cm³/mol. The zero-order valence-corrected chi connectivity index (χ0v) is 10.7. The highest BCUT2D eigenvalue weighted by Gasteiger charge is 2.04. The van der Waals surface area contributed by atoms with Crippen LogP contribution >= 0.6 is 11.3 Å². The van der Waals surface area contributed by atoms with Crippen molar-refractivity contribution in [1.82, 2.24) is 0 Å². The van der Waals surface area contributed by atoms with Crippen molar-refractivity contribution in [2.45, 2.75) is 19.8 Å². The molecule has 2 rings (SSSR count). The minimum atomic E-state index is 0.479. The fourth-order valence-electron chi connectivity index (χ4n) is 1.51. The number of hydrogen-bond acceptors (Lipinski definition) is 3. The lowest BCUT2D eigenvalue weighted by molar-refractivity contribution is 0.112. The van der Waals surface area contributed by atoms with Crippen LogP contribution in [0, 0.1) is 0 Å². The first-order valence-corrected chi connectivity index (χ1v) is 6.33. The van der Waals surface area contributed by atoms with Gasteiger partial charge in [-0.15, -0.1) is 0 Å². The van der Waals surface area contributed by atoms with Gasteiger partial charge in [0.2, 0.25) is 0 Å². The third-order valence-corrected chi connectivity index (χ3v) is 3.35. The molecule has 1 aromatic carbocycles. The van der Waals surface area contributed by atoms with E-state index in [4.69, 9.17) is 4.74 Å². The molecule has 0 N–H and O–H groups in total. The maximum atomic E-state index is 10.6. The van der Waals surface area contributed by atoms with Gasteiger partial charge in [0.1, 0.15) is 5.75 Å². The SMILES string of the molecule is CC(C)c1cccc(Oc2ccc(C=O)s2)c1. The molecule has 0 saturated heterocycles. The molecule has 3 heteroatoms. The second-order valence-electron chi connectivity index (χ2n) is 4.10. The first kappa shape index (κ1) is 11.9. The number of carbonyl (C=O) groups is 1. The highest BCUT2D eigenvalue weighted by atomic mass is 32.1. The summed E-state index contributed by atoms with van der Waals surface area (Å²) in [6, 6.07) is 11.6. The Bertz CT molecular complexity index is 514. The summed E-state index contributed by atoms with van der Waals surface area (Å²) in [6.45, 7) is 4.30. The van der Waals surface area contributed by atoms with Gasteiger partial charge in [0, 0.05) is 0 Å². The van der Waals surface area contributed by atoms with E-state index in [1.165, 1.54) is 16.9 Å². The van der Waals surface area contributed by atoms with Gasteiger partial charge in [-0.05, 0) is 35.7 Å². The number of benzene rings is 1. The summed E-state index contributed by atoms with van der Waals surface area (Å²) in [5.74, 6) is 1.29. The van der Waals surface area contributed by atoms with Gasteiger partial charge < -0.3 is 4.74 Å². The van der Waals surface area contributed by atoms with Crippen LogP contribution in [0.2, 0.25) is 0 Å². The fraction of sp³-hybridized carbons (Fsp3) is 0.214. The Hall–Kier alpha value is -1.61. The van der Waals surface area contributed by atoms with E-state index in [1.807, 2.05) is 24.3 Å². The largest absolute Gasteiger partial charge is 0.447 e. The summed E-state index contributed by atoms with van der Waals surface area (Å²) in [6.07, 6.45) is 0.835. The molecule has 0 spiro atoms. The predicted octanol–water partition coefficient (Wildman–Crippen LogP) is 4.48. The van der Waals surface area contributed by atoms with Gasteiger partial charge >= 0.3 is 0 Å². The molecule has 0 aliphatic carbocycles. The van der Waals surface area contributed by atoms with Crippen LogP contribution in [0.4, 0.5) is 0 Å². The van der Waals surface area contributed by atoms with Crippen LogP contribution < -0.4 is 4.74 Å². The highest BCUT2D eigenvalue weighted by Crippen LogP contribution is 2.30. The lowest BCUT2D eigenvalue weighted by Gasteiger charge is -2.08. The lowest BCUT2D eigenvalue weighted by Crippen LogP contribution is -1.88. The van der Waals surface area contributed by atoms with E-state index in [-0.39, 0.29) is 0 Å². The van der Waals surface area contributed by atoms with Gasteiger partial charge in [-0.25, -0.2) is 0 Å². The van der Waals surface area contributed by atoms with Crippen LogP contribution in [0.15, 0.2) is 36.4 Å². The van der Waals surface area contributed by atoms with E-state index in [0.29, 0.717) is 10.8 Å². The summed E-state index contributed by atoms with van der Waals surface area (Å²) in [7, 11) is 0. The first-order chi connectivity index (χ1) is 8.19. The van der Waals surface area contributed by atoms with E-state index < -0.39 is 0 Å². The number of carbonyl (C=O) groups excluding carboxylic acids is 1. The number of hydrogen-bond donors (Lipinski definition) is 0. The zero-order chi connectivity index (χ0) is 12.3. The Balaban J connectivity index is 2.17. The monoisotopic (exact) mass is 246 g/mol. The van der Waals surface area contributed by atoms with Gasteiger partial charge in [-0.1, -0.05) is 37.3 Å². The standard InChI is InChI=1S/C14H14O2S/c1-10(2)11-4-3-5-12(8-11)16-14-7-6-13(9-15)17-14/h3-10H,1-2H3. The van der Waals surface area contributed by atoms with Gasteiger partial charge in [0.25, 0.3) is 0 Å². The summed E-state index contributed by atoms with van der Waals surface area (Å²) in [4.78, 5) is 11.3. The van der Waals surface area contributed by atoms with E-state index in [0.717, 1.165) is 17.1 Å². The third kappa shape index (κ3) is 2.94. The van der Waals surface area contributed by atoms with Crippen molar-refractivity contribution in [3.8, 4) is 10.8 Å². The Labute approximate surface area is 105 Å². The minimum absolute atomic E-state index is 0.479. The van der Waals surface area contributed by atoms with Crippen molar-refractivity contribution in [3.05, 3.63) is 46.8 Å². The maximum absolute atomic E-state index is 10.6. The Morgan fingerprint density at radius 1 is 1.24 bits per heavy atom. The molecule has 2 nitrogen and oxygen atoms in total. The van der Waals surface area contributed by atoms with Crippen molar-refractivity contribution in [2.75, 3.05) is 0 Å². The van der Waals surface area contributed by atoms with E-state index in [1.54, 1.807) is 6.07 Å². The molecule has 88 valence electrons. The lowest BCUT2D eigenvalue weighted by atomic mass is 10.0. The normalized spacial score (nSPS) is 10.5. The number of thiophene rings is 1. The minimum Gasteiger partial charge on any atom is -0.447 e. The Morgan fingerprint density at radius 3 is 2.71 bits per heavy atom. The molecular weight excluding hydrogens is 232 g/mol. The second-order valence-corrected chi connectivity index (χ2v) is 5.18. The van der Waals surface area contributed by atoms with Crippen molar-refractivity contribution in [2.24, 2.45) is 0 Å². The summed E-state index contributed by atoms with van der Waals surface area (Å²) < 4.78 is 5.71. The molecule has 0 fully saturated rings. The zero-order valence-electron chi connectivity index (χ0n) is 9.84. The van der Waals surface area contributed by atoms with Gasteiger partial charge in [0.15, 0.2) is 11.3 Å². The van der Waals surface area contributed by atoms with Crippen molar-refractivity contribution in [1.29, 1.82) is 0 Å². The van der Waals surface area contributed by atoms with Gasteiger partial charge in [0.05, 0.1) is 4.88 Å². The van der Waals surface area contributed by atoms with Gasteiger partial charge in [-0.3, -0.25) is 4.79 Å². The second kappa shape index (κ2) is 5.15. The average molecular weight is 246 g/mol. The van der Waals surface area contributed by atoms with Crippen LogP contribution in [-0.2, 0) is 0 Å². The molecule has 0 amide bonds. The topological polar surface area (TPSA) is 26.3 Å². The van der Waals surface area contributed by atoms with E-state index in [2.05, 4.69) is 19.9 Å². The van der Waals surface area contributed by atoms with Crippen LogP contribution in [0.5, 0.6) is 10.8 Å². The van der Waals surface area contributed by atoms with Crippen molar-refractivity contribution in [3.63, 3.8) is 0 Å². The summed E-state index contributed by atoms with van der Waals surface area (Å²) in [5, 5.41) is 0.744. The van der Waals surface area contributed by atoms with Crippen molar-refractivity contribution < 1.29 is 9.53 Å². The number of rotatable bonds is 4. The molecule has 0 atom stereocenters. The highest BCUT2D eigenvalue weighted by molar-refractivity contribution is 7.15. The van der Waals surface area contributed by atoms with Gasteiger partial charge in [-0.2, -0.15) is 0 Å². The van der Waals surface area contributed by atoms with Crippen LogP contribution in [0.3, 0.4) is 0 Å². The Morgan fingerprint density at radius 2 is 2.06 bits per heavy atom. The maximum Gasteiger partial charge on any atom is 0.181 e. The van der Waals surface area contributed by atoms with Crippen LogP contribution in [0.25, 0.3) is 0 Å². The number of ether oxygens (including phenoxy) is 1. The molecular formula is C14H14O2S. The molecule has 0 radical (unpaired) electrons. The van der Waals surface area contributed by atoms with Crippen LogP contribution in [0.1, 0.15) is 35.0 Å². The fourth-order valence-corrected chi connectivity index (χ4v) is 2.20. The van der Waals surface area contributed by atoms with E-state index in [9.17, 15) is 4.79 Å². The van der Waals surface area contributed by atoms with Crippen molar-refractivity contribution >= 4 is 17.6 Å². The molecule has 2 aromatic rings. The molecule has 0 aliphatic rings. The quantitative estimate of drug-likeness (QED) is 0.744. The summed E-state index contributed by atoms with van der Waals surface area (Å²) in [5.41, 5.74) is 1.25. The first-order valence-electron chi connectivity index (χ1n) is 5.52. The Kier molecular flexibility index (Phi) is 3.59. The third-order valence-electron chi connectivity index (χ3n) is 2.46. The molecule has 1 aromatic heterocycles. The molecule has 0 saturated carbocycles. The summed E-state index contributed by atoms with van der Waals surface area (Å²) >= 11 is 1.35. The molecule has 0 aliphatic heterocycles.